The number of benzene rings is 1. The standard InChI is InChI=1S/C17H21N3O5/c1-17(2)15(24)20(16(25)19-17)10-6-9-12(21)18-13(14(22)23)11-7-4-3-5-8-11/h3-5,7-8,13H,6,9-10H2,1-2H3,(H,18,21)(H,19,25)(H,22,23)/t13-/m0/s1. The first-order valence-corrected chi connectivity index (χ1v) is 7.93. The molecule has 1 heterocycles. The number of carbonyl (C=O) groups is 4. The molecule has 1 atom stereocenters. The topological polar surface area (TPSA) is 116 Å². The van der Waals surface area contributed by atoms with E-state index in [4.69, 9.17) is 0 Å². The third-order valence-corrected chi connectivity index (χ3v) is 3.92. The van der Waals surface area contributed by atoms with Crippen LogP contribution in [0, 0.1) is 0 Å². The van der Waals surface area contributed by atoms with Crippen molar-refractivity contribution < 1.29 is 24.3 Å². The van der Waals surface area contributed by atoms with Crippen molar-refractivity contribution in [1.82, 2.24) is 15.5 Å². The fourth-order valence-electron chi connectivity index (χ4n) is 2.59. The summed E-state index contributed by atoms with van der Waals surface area (Å²) in [5.41, 5.74) is -0.472. The minimum absolute atomic E-state index is 0.00804. The molecule has 134 valence electrons. The fourth-order valence-corrected chi connectivity index (χ4v) is 2.59. The van der Waals surface area contributed by atoms with E-state index in [2.05, 4.69) is 10.6 Å². The van der Waals surface area contributed by atoms with Crippen molar-refractivity contribution in [2.45, 2.75) is 38.3 Å². The largest absolute Gasteiger partial charge is 0.479 e. The number of urea groups is 1. The second-order valence-electron chi connectivity index (χ2n) is 6.36. The zero-order valence-electron chi connectivity index (χ0n) is 14.1. The van der Waals surface area contributed by atoms with Gasteiger partial charge in [0.25, 0.3) is 5.91 Å². The number of hydrogen-bond acceptors (Lipinski definition) is 4. The molecule has 1 aromatic rings. The Labute approximate surface area is 145 Å². The number of carboxylic acid groups (broad SMARTS) is 1. The molecule has 0 radical (unpaired) electrons. The molecule has 0 aromatic heterocycles. The lowest BCUT2D eigenvalue weighted by atomic mass is 10.1. The number of aliphatic carboxylic acids is 1. The van der Waals surface area contributed by atoms with Crippen LogP contribution in [0.5, 0.6) is 0 Å². The van der Waals surface area contributed by atoms with Gasteiger partial charge in [-0.3, -0.25) is 14.5 Å². The van der Waals surface area contributed by atoms with Gasteiger partial charge in [-0.05, 0) is 25.8 Å². The van der Waals surface area contributed by atoms with E-state index in [1.165, 1.54) is 0 Å². The van der Waals surface area contributed by atoms with Gasteiger partial charge in [-0.25, -0.2) is 9.59 Å². The zero-order chi connectivity index (χ0) is 18.6. The second kappa shape index (κ2) is 7.33. The van der Waals surface area contributed by atoms with Crippen molar-refractivity contribution in [2.75, 3.05) is 6.54 Å². The minimum Gasteiger partial charge on any atom is -0.479 e. The van der Waals surface area contributed by atoms with Crippen LogP contribution >= 0.6 is 0 Å². The maximum Gasteiger partial charge on any atom is 0.330 e. The van der Waals surface area contributed by atoms with Crippen LogP contribution in [0.1, 0.15) is 38.3 Å². The summed E-state index contributed by atoms with van der Waals surface area (Å²) in [6, 6.07) is 6.76. The third kappa shape index (κ3) is 4.34. The number of hydrogen-bond donors (Lipinski definition) is 3. The quantitative estimate of drug-likeness (QED) is 0.637. The summed E-state index contributed by atoms with van der Waals surface area (Å²) >= 11 is 0. The molecule has 25 heavy (non-hydrogen) atoms. The van der Waals surface area contributed by atoms with E-state index in [0.29, 0.717) is 5.56 Å². The highest BCUT2D eigenvalue weighted by Gasteiger charge is 2.43. The first-order valence-electron chi connectivity index (χ1n) is 7.93. The molecule has 0 unspecified atom stereocenters. The molecule has 1 saturated heterocycles. The highest BCUT2D eigenvalue weighted by molar-refractivity contribution is 6.06. The van der Waals surface area contributed by atoms with Crippen molar-refractivity contribution in [3.8, 4) is 0 Å². The van der Waals surface area contributed by atoms with E-state index >= 15 is 0 Å². The highest BCUT2D eigenvalue weighted by atomic mass is 16.4. The minimum atomic E-state index is -1.16. The lowest BCUT2D eigenvalue weighted by Crippen LogP contribution is -2.40. The van der Waals surface area contributed by atoms with Crippen molar-refractivity contribution in [3.05, 3.63) is 35.9 Å². The van der Waals surface area contributed by atoms with Crippen molar-refractivity contribution in [3.63, 3.8) is 0 Å². The summed E-state index contributed by atoms with van der Waals surface area (Å²) in [6.45, 7) is 3.32. The predicted molar refractivity (Wildman–Crippen MR) is 88.5 cm³/mol. The molecule has 0 saturated carbocycles. The van der Waals surface area contributed by atoms with E-state index in [-0.39, 0.29) is 25.3 Å². The number of imide groups is 1. The Balaban J connectivity index is 1.87. The number of rotatable bonds is 7. The van der Waals surface area contributed by atoms with Crippen LogP contribution in [0.4, 0.5) is 4.79 Å². The van der Waals surface area contributed by atoms with Gasteiger partial charge in [0, 0.05) is 13.0 Å². The number of carbonyl (C=O) groups excluding carboxylic acids is 3. The molecule has 1 fully saturated rings. The molecular formula is C17H21N3O5. The van der Waals surface area contributed by atoms with Gasteiger partial charge in [0.15, 0.2) is 6.04 Å². The number of nitrogens with one attached hydrogen (secondary N) is 2. The predicted octanol–water partition coefficient (Wildman–Crippen LogP) is 1.04. The summed E-state index contributed by atoms with van der Waals surface area (Å²) in [5, 5.41) is 14.3. The molecule has 0 bridgehead atoms. The molecule has 0 spiro atoms. The molecule has 0 aliphatic carbocycles. The van der Waals surface area contributed by atoms with Gasteiger partial charge in [-0.15, -0.1) is 0 Å². The zero-order valence-corrected chi connectivity index (χ0v) is 14.1. The Morgan fingerprint density at radius 3 is 2.40 bits per heavy atom. The summed E-state index contributed by atoms with van der Waals surface area (Å²) < 4.78 is 0. The maximum atomic E-state index is 12.0. The lowest BCUT2D eigenvalue weighted by Gasteiger charge is -2.17. The summed E-state index contributed by atoms with van der Waals surface area (Å²) in [5.74, 6) is -1.96. The van der Waals surface area contributed by atoms with Crippen molar-refractivity contribution >= 4 is 23.8 Å². The SMILES string of the molecule is CC1(C)NC(=O)N(CCCC(=O)N[C@H](C(=O)O)c2ccccc2)C1=O. The van der Waals surface area contributed by atoms with Crippen LogP contribution in [0.2, 0.25) is 0 Å². The molecule has 2 rings (SSSR count). The van der Waals surface area contributed by atoms with E-state index in [0.717, 1.165) is 4.90 Å². The van der Waals surface area contributed by atoms with E-state index in [1.54, 1.807) is 44.2 Å². The van der Waals surface area contributed by atoms with Crippen LogP contribution in [0.3, 0.4) is 0 Å². The van der Waals surface area contributed by atoms with E-state index in [1.807, 2.05) is 0 Å². The number of amides is 4. The van der Waals surface area contributed by atoms with Crippen LogP contribution < -0.4 is 10.6 Å². The maximum absolute atomic E-state index is 12.0. The Morgan fingerprint density at radius 2 is 1.88 bits per heavy atom. The molecule has 3 N–H and O–H groups in total. The van der Waals surface area contributed by atoms with Crippen LogP contribution in [-0.2, 0) is 14.4 Å². The first-order chi connectivity index (χ1) is 11.7. The van der Waals surface area contributed by atoms with E-state index < -0.39 is 29.5 Å². The monoisotopic (exact) mass is 347 g/mol. The van der Waals surface area contributed by atoms with Crippen LogP contribution in [0.15, 0.2) is 30.3 Å². The Hall–Kier alpha value is -2.90. The number of nitrogens with zero attached hydrogens (tertiary/aromatic N) is 1. The molecule has 1 aliphatic heterocycles. The fraction of sp³-hybridized carbons (Fsp3) is 0.412. The summed E-state index contributed by atoms with van der Waals surface area (Å²) in [7, 11) is 0. The van der Waals surface area contributed by atoms with Gasteiger partial charge in [0.2, 0.25) is 5.91 Å². The summed E-state index contributed by atoms with van der Waals surface area (Å²) in [6.07, 6.45) is 0.260. The van der Waals surface area contributed by atoms with Gasteiger partial charge < -0.3 is 15.7 Å². The smallest absolute Gasteiger partial charge is 0.330 e. The second-order valence-corrected chi connectivity index (χ2v) is 6.36. The Morgan fingerprint density at radius 1 is 1.24 bits per heavy atom. The number of carboxylic acids is 1. The van der Waals surface area contributed by atoms with Crippen molar-refractivity contribution in [1.29, 1.82) is 0 Å². The third-order valence-electron chi connectivity index (χ3n) is 3.92. The Bertz CT molecular complexity index is 687. The summed E-state index contributed by atoms with van der Waals surface area (Å²) in [4.78, 5) is 48.2. The molecular weight excluding hydrogens is 326 g/mol. The van der Waals surface area contributed by atoms with Crippen LogP contribution in [-0.4, -0.2) is 45.9 Å². The lowest BCUT2D eigenvalue weighted by molar-refractivity contribution is -0.142. The van der Waals surface area contributed by atoms with Gasteiger partial charge in [0.1, 0.15) is 5.54 Å². The normalized spacial score (nSPS) is 17.1. The van der Waals surface area contributed by atoms with E-state index in [9.17, 15) is 24.3 Å². The van der Waals surface area contributed by atoms with Gasteiger partial charge in [-0.1, -0.05) is 30.3 Å². The van der Waals surface area contributed by atoms with Gasteiger partial charge in [0.05, 0.1) is 0 Å². The molecule has 8 nitrogen and oxygen atoms in total. The van der Waals surface area contributed by atoms with Gasteiger partial charge in [-0.2, -0.15) is 0 Å². The molecule has 4 amide bonds. The average Bonchev–Trinajstić information content (AvgIpc) is 2.74. The molecule has 1 aromatic carbocycles. The molecule has 1 aliphatic rings. The molecule has 8 heteroatoms. The van der Waals surface area contributed by atoms with Crippen LogP contribution in [0.25, 0.3) is 0 Å². The Kier molecular flexibility index (Phi) is 5.41. The van der Waals surface area contributed by atoms with Crippen molar-refractivity contribution in [2.24, 2.45) is 0 Å². The first kappa shape index (κ1) is 18.4. The highest BCUT2D eigenvalue weighted by Crippen LogP contribution is 2.17. The average molecular weight is 347 g/mol. The van der Waals surface area contributed by atoms with Gasteiger partial charge >= 0.3 is 12.0 Å².